The minimum absolute atomic E-state index is 0.158. The van der Waals surface area contributed by atoms with Crippen LogP contribution in [0.5, 0.6) is 0 Å². The molecule has 164 valence electrons. The molecule has 0 radical (unpaired) electrons. The van der Waals surface area contributed by atoms with Gasteiger partial charge in [-0.1, -0.05) is 53.4 Å². The molecule has 1 aliphatic heterocycles. The zero-order valence-electron chi connectivity index (χ0n) is 17.3. The first-order chi connectivity index (χ1) is 15.5. The van der Waals surface area contributed by atoms with Crippen LogP contribution in [-0.4, -0.2) is 21.4 Å². The molecule has 2 N–H and O–H groups in total. The molecule has 0 amide bonds. The van der Waals surface area contributed by atoms with E-state index in [1.54, 1.807) is 4.68 Å². The number of nitrogens with two attached hydrogens (primary N) is 1. The summed E-state index contributed by atoms with van der Waals surface area (Å²) in [6.45, 7) is 0.515. The molecule has 1 aliphatic rings. The molecule has 0 saturated heterocycles. The minimum atomic E-state index is -0.640. The maximum atomic E-state index is 14.7. The number of hydrogen-bond donors (Lipinski definition) is 1. The van der Waals surface area contributed by atoms with Crippen molar-refractivity contribution in [2.75, 3.05) is 11.6 Å². The van der Waals surface area contributed by atoms with E-state index in [1.165, 1.54) is 29.2 Å². The lowest BCUT2D eigenvalue weighted by Crippen LogP contribution is -2.37. The Balaban J connectivity index is 1.69. The summed E-state index contributed by atoms with van der Waals surface area (Å²) in [5.74, 6) is -0.999. The molecule has 0 fully saturated rings. The maximum Gasteiger partial charge on any atom is 0.147 e. The van der Waals surface area contributed by atoms with E-state index < -0.39 is 16.5 Å². The largest absolute Gasteiger partial charge is 0.330 e. The van der Waals surface area contributed by atoms with Crippen LogP contribution in [0.25, 0.3) is 10.2 Å². The molecule has 1 unspecified atom stereocenters. The first kappa shape index (κ1) is 21.1. The molecule has 5 nitrogen and oxygen atoms in total. The van der Waals surface area contributed by atoms with Crippen molar-refractivity contribution in [2.45, 2.75) is 17.7 Å². The number of hydrogen-bond acceptors (Lipinski definition) is 6. The van der Waals surface area contributed by atoms with Gasteiger partial charge in [-0.25, -0.2) is 13.8 Å². The van der Waals surface area contributed by atoms with Crippen LogP contribution < -0.4 is 10.7 Å². The van der Waals surface area contributed by atoms with Crippen LogP contribution in [0.3, 0.4) is 0 Å². The quantitative estimate of drug-likeness (QED) is 0.410. The van der Waals surface area contributed by atoms with Gasteiger partial charge in [-0.05, 0) is 49.2 Å². The van der Waals surface area contributed by atoms with Crippen molar-refractivity contribution in [3.05, 3.63) is 83.6 Å². The minimum Gasteiger partial charge on any atom is -0.330 e. The SMILES string of the molecule is Cn1cc2cc(N3N=C(c4cc(F)ccc4F)SC3(CCCN)c3ccccc3)sc2n1. The second-order valence-corrected chi connectivity index (χ2v) is 9.91. The van der Waals surface area contributed by atoms with Crippen molar-refractivity contribution in [3.63, 3.8) is 0 Å². The molecular formula is C23H21F2N5S2. The standard InChI is InChI=1S/C23H21F2N5S2/c1-29-14-15-12-20(31-21(15)27-29)30-23(10-5-11-26,16-6-3-2-4-7-16)32-22(28-30)18-13-17(24)8-9-19(18)25/h2-4,6-9,12-14H,5,10-11,26H2,1H3. The van der Waals surface area contributed by atoms with Crippen LogP contribution in [0, 0.1) is 11.6 Å². The lowest BCUT2D eigenvalue weighted by molar-refractivity contribution is 0.530. The highest BCUT2D eigenvalue weighted by Gasteiger charge is 2.47. The summed E-state index contributed by atoms with van der Waals surface area (Å²) in [5.41, 5.74) is 7.08. The molecule has 2 aromatic carbocycles. The summed E-state index contributed by atoms with van der Waals surface area (Å²) >= 11 is 2.97. The van der Waals surface area contributed by atoms with Crippen molar-refractivity contribution in [1.29, 1.82) is 0 Å². The Morgan fingerprint density at radius 1 is 1.09 bits per heavy atom. The number of hydrazone groups is 1. The van der Waals surface area contributed by atoms with Gasteiger partial charge in [0.05, 0.1) is 0 Å². The highest BCUT2D eigenvalue weighted by molar-refractivity contribution is 8.15. The normalized spacial score (nSPS) is 18.5. The Kier molecular flexibility index (Phi) is 5.48. The predicted molar refractivity (Wildman–Crippen MR) is 128 cm³/mol. The van der Waals surface area contributed by atoms with Crippen molar-refractivity contribution in [2.24, 2.45) is 17.9 Å². The van der Waals surface area contributed by atoms with E-state index in [0.29, 0.717) is 18.0 Å². The number of thioether (sulfide) groups is 1. The lowest BCUT2D eigenvalue weighted by Gasteiger charge is -2.36. The van der Waals surface area contributed by atoms with Crippen LogP contribution in [-0.2, 0) is 11.9 Å². The predicted octanol–water partition coefficient (Wildman–Crippen LogP) is 5.42. The van der Waals surface area contributed by atoms with Gasteiger partial charge in [-0.15, -0.1) is 0 Å². The third kappa shape index (κ3) is 3.60. The summed E-state index contributed by atoms with van der Waals surface area (Å²) in [7, 11) is 1.89. The van der Waals surface area contributed by atoms with Crippen LogP contribution in [0.1, 0.15) is 24.0 Å². The number of benzene rings is 2. The fourth-order valence-electron chi connectivity index (χ4n) is 3.95. The molecule has 32 heavy (non-hydrogen) atoms. The van der Waals surface area contributed by atoms with Gasteiger partial charge in [0.25, 0.3) is 0 Å². The molecular weight excluding hydrogens is 448 g/mol. The van der Waals surface area contributed by atoms with Crippen LogP contribution in [0.15, 0.2) is 65.9 Å². The van der Waals surface area contributed by atoms with Crippen molar-refractivity contribution < 1.29 is 8.78 Å². The fraction of sp³-hybridized carbons (Fsp3) is 0.217. The Morgan fingerprint density at radius 2 is 1.91 bits per heavy atom. The third-order valence-corrected chi connectivity index (χ3v) is 7.87. The average molecular weight is 470 g/mol. The van der Waals surface area contributed by atoms with Crippen molar-refractivity contribution in [1.82, 2.24) is 9.78 Å². The van der Waals surface area contributed by atoms with Gasteiger partial charge in [-0.3, -0.25) is 4.68 Å². The van der Waals surface area contributed by atoms with E-state index in [2.05, 4.69) is 5.10 Å². The molecule has 5 rings (SSSR count). The molecule has 4 aromatic rings. The van der Waals surface area contributed by atoms with E-state index in [1.807, 2.05) is 54.7 Å². The summed E-state index contributed by atoms with van der Waals surface area (Å²) in [6.07, 6.45) is 3.39. The topological polar surface area (TPSA) is 59.4 Å². The maximum absolute atomic E-state index is 14.7. The zero-order chi connectivity index (χ0) is 22.3. The Labute approximate surface area is 192 Å². The summed E-state index contributed by atoms with van der Waals surface area (Å²) in [6, 6.07) is 15.5. The molecule has 0 spiro atoms. The second-order valence-electron chi connectivity index (χ2n) is 7.63. The molecule has 1 atom stereocenters. The molecule has 2 aromatic heterocycles. The zero-order valence-corrected chi connectivity index (χ0v) is 19.0. The summed E-state index contributed by atoms with van der Waals surface area (Å²) in [4.78, 5) is 0.257. The van der Waals surface area contributed by atoms with E-state index in [-0.39, 0.29) is 5.56 Å². The molecule has 0 bridgehead atoms. The van der Waals surface area contributed by atoms with Crippen LogP contribution in [0.4, 0.5) is 13.8 Å². The first-order valence-corrected chi connectivity index (χ1v) is 11.9. The van der Waals surface area contributed by atoms with Gasteiger partial charge in [0, 0.05) is 24.2 Å². The Hall–Kier alpha value is -2.75. The summed E-state index contributed by atoms with van der Waals surface area (Å²) < 4.78 is 30.5. The Morgan fingerprint density at radius 3 is 2.66 bits per heavy atom. The van der Waals surface area contributed by atoms with Crippen molar-refractivity contribution in [3.8, 4) is 0 Å². The number of halogens is 2. The number of fused-ring (bicyclic) bond motifs is 1. The average Bonchev–Trinajstić information content (AvgIpc) is 3.46. The van der Waals surface area contributed by atoms with E-state index in [4.69, 9.17) is 10.8 Å². The monoisotopic (exact) mass is 469 g/mol. The number of thiophene rings is 1. The third-order valence-electron chi connectivity index (χ3n) is 5.41. The van der Waals surface area contributed by atoms with Gasteiger partial charge in [0.2, 0.25) is 0 Å². The number of anilines is 1. The number of aryl methyl sites for hydroxylation is 1. The first-order valence-electron chi connectivity index (χ1n) is 10.2. The molecule has 9 heteroatoms. The van der Waals surface area contributed by atoms with Gasteiger partial charge < -0.3 is 5.73 Å². The highest BCUT2D eigenvalue weighted by atomic mass is 32.2. The van der Waals surface area contributed by atoms with E-state index >= 15 is 0 Å². The fourth-order valence-corrected chi connectivity index (χ4v) is 6.50. The van der Waals surface area contributed by atoms with Crippen LogP contribution >= 0.6 is 23.1 Å². The lowest BCUT2D eigenvalue weighted by atomic mass is 10.0. The highest BCUT2D eigenvalue weighted by Crippen LogP contribution is 2.53. The van der Waals surface area contributed by atoms with Gasteiger partial charge in [-0.2, -0.15) is 10.2 Å². The van der Waals surface area contributed by atoms with Crippen molar-refractivity contribution >= 4 is 43.4 Å². The van der Waals surface area contributed by atoms with Gasteiger partial charge >= 0.3 is 0 Å². The summed E-state index contributed by atoms with van der Waals surface area (Å²) in [5, 5.41) is 13.6. The van der Waals surface area contributed by atoms with Gasteiger partial charge in [0.1, 0.15) is 31.4 Å². The number of nitrogens with zero attached hydrogens (tertiary/aromatic N) is 4. The molecule has 0 aliphatic carbocycles. The number of rotatable bonds is 6. The number of aromatic nitrogens is 2. The van der Waals surface area contributed by atoms with Gasteiger partial charge in [0.15, 0.2) is 0 Å². The second kappa shape index (κ2) is 8.31. The molecule has 0 saturated carbocycles. The molecule has 3 heterocycles. The van der Waals surface area contributed by atoms with E-state index in [0.717, 1.165) is 39.3 Å². The van der Waals surface area contributed by atoms with E-state index in [9.17, 15) is 8.78 Å². The van der Waals surface area contributed by atoms with Crippen LogP contribution in [0.2, 0.25) is 0 Å². The Bertz CT molecular complexity index is 1270. The smallest absolute Gasteiger partial charge is 0.147 e.